The summed E-state index contributed by atoms with van der Waals surface area (Å²) in [5, 5.41) is 0. The quantitative estimate of drug-likeness (QED) is 0.313. The van der Waals surface area contributed by atoms with Gasteiger partial charge in [0, 0.05) is 0 Å². The lowest BCUT2D eigenvalue weighted by Crippen LogP contribution is -1.76. The summed E-state index contributed by atoms with van der Waals surface area (Å²) in [6.07, 6.45) is 4.67. The number of aldehydes is 1. The Morgan fingerprint density at radius 1 is 1.22 bits per heavy atom. The summed E-state index contributed by atoms with van der Waals surface area (Å²) in [4.78, 5) is 10.1. The molecule has 0 aliphatic rings. The number of hydrogen-bond donors (Lipinski definition) is 0. The molecule has 9 heavy (non-hydrogen) atoms. The van der Waals surface area contributed by atoms with E-state index in [2.05, 4.69) is 0 Å². The molecule has 0 aromatic heterocycles. The molecule has 1 nitrogen and oxygen atoms in total. The van der Waals surface area contributed by atoms with E-state index in [0.29, 0.717) is 0 Å². The predicted octanol–water partition coefficient (Wildman–Crippen LogP) is 2.10. The minimum atomic E-state index is 0.769. The molecule has 0 fully saturated rings. The van der Waals surface area contributed by atoms with Gasteiger partial charge in [0.2, 0.25) is 0 Å². The van der Waals surface area contributed by atoms with Gasteiger partial charge in [-0.15, -0.1) is 0 Å². The number of rotatable bonds is 2. The lowest BCUT2D eigenvalue weighted by molar-refractivity contribution is -0.104. The zero-order valence-electron chi connectivity index (χ0n) is 6.14. The summed E-state index contributed by atoms with van der Waals surface area (Å²) in [7, 11) is 0. The lowest BCUT2D eigenvalue weighted by atomic mass is 10.2. The minimum absolute atomic E-state index is 0.769. The molecule has 0 saturated carbocycles. The molecule has 0 radical (unpaired) electrons. The Morgan fingerprint density at radius 2 is 1.78 bits per heavy atom. The van der Waals surface area contributed by atoms with Crippen molar-refractivity contribution >= 4 is 6.29 Å². The van der Waals surface area contributed by atoms with E-state index in [-0.39, 0.29) is 0 Å². The average Bonchev–Trinajstić information content (AvgIpc) is 1.87. The predicted molar refractivity (Wildman–Crippen MR) is 39.3 cm³/mol. The fourth-order valence-corrected chi connectivity index (χ4v) is 0.476. The van der Waals surface area contributed by atoms with Crippen molar-refractivity contribution in [1.29, 1.82) is 0 Å². The van der Waals surface area contributed by atoms with Crippen LogP contribution in [-0.2, 0) is 4.79 Å². The summed E-state index contributed by atoms with van der Waals surface area (Å²) >= 11 is 0. The molecule has 0 saturated heterocycles. The van der Waals surface area contributed by atoms with Crippen molar-refractivity contribution in [3.63, 3.8) is 0 Å². The summed E-state index contributed by atoms with van der Waals surface area (Å²) in [6.45, 7) is 5.71. The van der Waals surface area contributed by atoms with Gasteiger partial charge in [0.05, 0.1) is 0 Å². The molecule has 0 aromatic rings. The van der Waals surface area contributed by atoms with Crippen LogP contribution in [0.5, 0.6) is 0 Å². The number of carbonyl (C=O) groups excluding carboxylic acids is 1. The van der Waals surface area contributed by atoms with Gasteiger partial charge in [0.25, 0.3) is 0 Å². The molecule has 0 spiro atoms. The second-order valence-corrected chi connectivity index (χ2v) is 2.04. The second kappa shape index (κ2) is 4.07. The maximum Gasteiger partial charge on any atom is 0.145 e. The highest BCUT2D eigenvalue weighted by molar-refractivity contribution is 5.73. The van der Waals surface area contributed by atoms with Gasteiger partial charge in [-0.3, -0.25) is 4.79 Å². The van der Waals surface area contributed by atoms with Gasteiger partial charge in [-0.2, -0.15) is 0 Å². The Balaban J connectivity index is 4.11. The molecule has 1 heteroatoms. The van der Waals surface area contributed by atoms with Crippen molar-refractivity contribution in [2.75, 3.05) is 0 Å². The van der Waals surface area contributed by atoms with Crippen LogP contribution in [0.15, 0.2) is 23.3 Å². The molecule has 0 aliphatic carbocycles. The van der Waals surface area contributed by atoms with Gasteiger partial charge in [-0.25, -0.2) is 0 Å². The SMILES string of the molecule is C/C=C(C)/C=C(\C)C=O. The van der Waals surface area contributed by atoms with Gasteiger partial charge in [0.1, 0.15) is 6.29 Å². The first kappa shape index (κ1) is 8.15. The monoisotopic (exact) mass is 124 g/mol. The van der Waals surface area contributed by atoms with Crippen LogP contribution in [0.4, 0.5) is 0 Å². The highest BCUT2D eigenvalue weighted by Crippen LogP contribution is 1.97. The fraction of sp³-hybridized carbons (Fsp3) is 0.375. The van der Waals surface area contributed by atoms with Crippen LogP contribution in [-0.4, -0.2) is 6.29 Å². The van der Waals surface area contributed by atoms with E-state index in [4.69, 9.17) is 0 Å². The Morgan fingerprint density at radius 3 is 2.11 bits per heavy atom. The molecule has 0 rings (SSSR count). The molecule has 0 aromatic carbocycles. The highest BCUT2D eigenvalue weighted by atomic mass is 16.1. The third kappa shape index (κ3) is 3.71. The fourth-order valence-electron chi connectivity index (χ4n) is 0.476. The largest absolute Gasteiger partial charge is 0.298 e. The second-order valence-electron chi connectivity index (χ2n) is 2.04. The van der Waals surface area contributed by atoms with Crippen molar-refractivity contribution in [3.05, 3.63) is 23.3 Å². The van der Waals surface area contributed by atoms with E-state index in [1.54, 1.807) is 6.92 Å². The van der Waals surface area contributed by atoms with Crippen LogP contribution >= 0.6 is 0 Å². The van der Waals surface area contributed by atoms with E-state index in [1.807, 2.05) is 26.0 Å². The van der Waals surface area contributed by atoms with Gasteiger partial charge in [-0.05, 0) is 26.3 Å². The molecule has 0 amide bonds. The van der Waals surface area contributed by atoms with Crippen LogP contribution in [0.2, 0.25) is 0 Å². The zero-order valence-corrected chi connectivity index (χ0v) is 6.14. The van der Waals surface area contributed by atoms with Crippen LogP contribution < -0.4 is 0 Å². The van der Waals surface area contributed by atoms with Gasteiger partial charge < -0.3 is 0 Å². The summed E-state index contributed by atoms with van der Waals surface area (Å²) in [5.41, 5.74) is 1.89. The molecular formula is C8H12O. The topological polar surface area (TPSA) is 17.1 Å². The Labute approximate surface area is 56.1 Å². The van der Waals surface area contributed by atoms with E-state index in [0.717, 1.165) is 17.4 Å². The van der Waals surface area contributed by atoms with Crippen LogP contribution in [0, 0.1) is 0 Å². The van der Waals surface area contributed by atoms with Crippen molar-refractivity contribution < 1.29 is 4.79 Å². The molecule has 0 atom stereocenters. The van der Waals surface area contributed by atoms with Crippen LogP contribution in [0.3, 0.4) is 0 Å². The lowest BCUT2D eigenvalue weighted by Gasteiger charge is -1.88. The Bertz CT molecular complexity index is 152. The smallest absolute Gasteiger partial charge is 0.145 e. The zero-order chi connectivity index (χ0) is 7.28. The molecule has 50 valence electrons. The van der Waals surface area contributed by atoms with Crippen LogP contribution in [0.25, 0.3) is 0 Å². The Kier molecular flexibility index (Phi) is 3.69. The number of allylic oxidation sites excluding steroid dienone is 4. The molecule has 0 aliphatic heterocycles. The number of hydrogen-bond acceptors (Lipinski definition) is 1. The maximum absolute atomic E-state index is 10.1. The van der Waals surface area contributed by atoms with E-state index in [1.165, 1.54) is 0 Å². The van der Waals surface area contributed by atoms with E-state index < -0.39 is 0 Å². The molecular weight excluding hydrogens is 112 g/mol. The van der Waals surface area contributed by atoms with E-state index >= 15 is 0 Å². The number of carbonyl (C=O) groups is 1. The molecule has 0 heterocycles. The normalized spacial score (nSPS) is 13.7. The van der Waals surface area contributed by atoms with Crippen molar-refractivity contribution in [1.82, 2.24) is 0 Å². The average molecular weight is 124 g/mol. The third-order valence-electron chi connectivity index (χ3n) is 1.10. The Hall–Kier alpha value is -0.850. The summed E-state index contributed by atoms with van der Waals surface area (Å²) < 4.78 is 0. The molecule has 0 bridgehead atoms. The summed E-state index contributed by atoms with van der Waals surface area (Å²) in [6, 6.07) is 0. The maximum atomic E-state index is 10.1. The minimum Gasteiger partial charge on any atom is -0.298 e. The van der Waals surface area contributed by atoms with Gasteiger partial charge in [0.15, 0.2) is 0 Å². The third-order valence-corrected chi connectivity index (χ3v) is 1.10. The van der Waals surface area contributed by atoms with E-state index in [9.17, 15) is 4.79 Å². The summed E-state index contributed by atoms with van der Waals surface area (Å²) in [5.74, 6) is 0. The first-order valence-electron chi connectivity index (χ1n) is 2.97. The molecule has 0 unspecified atom stereocenters. The standard InChI is InChI=1S/C8H12O/c1-4-7(2)5-8(3)6-9/h4-6H,1-3H3/b7-4+,8-5+. The van der Waals surface area contributed by atoms with Crippen molar-refractivity contribution in [2.45, 2.75) is 20.8 Å². The van der Waals surface area contributed by atoms with Gasteiger partial charge in [-0.1, -0.05) is 17.7 Å². The van der Waals surface area contributed by atoms with Gasteiger partial charge >= 0.3 is 0 Å². The van der Waals surface area contributed by atoms with Crippen LogP contribution in [0.1, 0.15) is 20.8 Å². The first-order valence-corrected chi connectivity index (χ1v) is 2.97. The first-order chi connectivity index (χ1) is 4.20. The van der Waals surface area contributed by atoms with Crippen molar-refractivity contribution in [3.8, 4) is 0 Å². The highest BCUT2D eigenvalue weighted by Gasteiger charge is 1.82. The molecule has 0 N–H and O–H groups in total. The van der Waals surface area contributed by atoms with Crippen molar-refractivity contribution in [2.24, 2.45) is 0 Å².